The quantitative estimate of drug-likeness (QED) is 0.604. The Morgan fingerprint density at radius 3 is 2.47 bits per heavy atom. The Morgan fingerprint density at radius 1 is 1.40 bits per heavy atom. The summed E-state index contributed by atoms with van der Waals surface area (Å²) in [4.78, 5) is 23.9. The van der Waals surface area contributed by atoms with Gasteiger partial charge in [-0.3, -0.25) is 4.90 Å². The summed E-state index contributed by atoms with van der Waals surface area (Å²) in [5, 5.41) is 7.04. The zero-order chi connectivity index (χ0) is 11.6. The Kier molecular flexibility index (Phi) is 3.21. The second-order valence-corrected chi connectivity index (χ2v) is 4.70. The van der Waals surface area contributed by atoms with Crippen molar-refractivity contribution in [1.82, 2.24) is 4.90 Å². The number of ether oxygens (including phenoxy) is 1. The van der Waals surface area contributed by atoms with E-state index in [-0.39, 0.29) is 0 Å². The lowest BCUT2D eigenvalue weighted by atomic mass is 10.2. The van der Waals surface area contributed by atoms with Crippen LogP contribution >= 0.6 is 0 Å². The summed E-state index contributed by atoms with van der Waals surface area (Å²) in [7, 11) is 0. The van der Waals surface area contributed by atoms with Gasteiger partial charge in [-0.25, -0.2) is 4.79 Å². The van der Waals surface area contributed by atoms with Gasteiger partial charge in [0.2, 0.25) is 0 Å². The smallest absolute Gasteiger partial charge is 0.538 e. The number of hydrogen-bond acceptors (Lipinski definition) is 3. The van der Waals surface area contributed by atoms with Crippen LogP contribution in [0.3, 0.4) is 0 Å². The molecule has 1 saturated heterocycles. The molecule has 0 saturated carbocycles. The molecule has 0 aromatic rings. The molecule has 5 heteroatoms. The first-order valence-electron chi connectivity index (χ1n) is 5.06. The van der Waals surface area contributed by atoms with Crippen molar-refractivity contribution < 1.29 is 19.4 Å². The standard InChI is InChI=1S/C10H17NO4/c1-10(2,3)15-9(14)11-6-4-5-7(11)8(12)13/h7H,4-6H2,1-3H3,(H,12,13)/p+1/t7-/m0/s1. The number of rotatable bonds is 1. The second kappa shape index (κ2) is 4.08. The molecule has 15 heavy (non-hydrogen) atoms. The van der Waals surface area contributed by atoms with Crippen molar-refractivity contribution in [3.63, 3.8) is 0 Å². The predicted molar refractivity (Wildman–Crippen MR) is 54.6 cm³/mol. The van der Waals surface area contributed by atoms with Gasteiger partial charge in [0, 0.05) is 11.3 Å². The average Bonchev–Trinajstić information content (AvgIpc) is 2.47. The van der Waals surface area contributed by atoms with E-state index in [9.17, 15) is 9.59 Å². The third-order valence-corrected chi connectivity index (χ3v) is 2.18. The van der Waals surface area contributed by atoms with Gasteiger partial charge in [0.1, 0.15) is 5.60 Å². The van der Waals surface area contributed by atoms with Crippen LogP contribution in [0.15, 0.2) is 0 Å². The molecule has 0 spiro atoms. The van der Waals surface area contributed by atoms with Crippen LogP contribution in [0.25, 0.3) is 0 Å². The first-order chi connectivity index (χ1) is 6.81. The SMILES string of the molecule is CC(C)(C)OC(=O)N1CCC[C@H]1C(=O)[OH2+]. The second-order valence-electron chi connectivity index (χ2n) is 4.70. The lowest BCUT2D eigenvalue weighted by Crippen LogP contribution is -2.43. The molecule has 1 heterocycles. The summed E-state index contributed by atoms with van der Waals surface area (Å²) >= 11 is 0. The summed E-state index contributed by atoms with van der Waals surface area (Å²) in [5.74, 6) is -0.710. The van der Waals surface area contributed by atoms with Gasteiger partial charge >= 0.3 is 12.1 Å². The molecular formula is C10H18NO4+. The van der Waals surface area contributed by atoms with Gasteiger partial charge in [0.15, 0.2) is 6.04 Å². The fourth-order valence-electron chi connectivity index (χ4n) is 1.58. The number of carbonyl (C=O) groups excluding carboxylic acids is 2. The lowest BCUT2D eigenvalue weighted by molar-refractivity contribution is -0.142. The van der Waals surface area contributed by atoms with Crippen LogP contribution in [-0.2, 0) is 9.53 Å². The van der Waals surface area contributed by atoms with Crippen LogP contribution in [0, 0.1) is 0 Å². The van der Waals surface area contributed by atoms with Crippen molar-refractivity contribution in [3.8, 4) is 0 Å². The third-order valence-electron chi connectivity index (χ3n) is 2.18. The molecule has 1 aliphatic rings. The maximum atomic E-state index is 11.6. The summed E-state index contributed by atoms with van der Waals surface area (Å²) in [6.45, 7) is 5.83. The highest BCUT2D eigenvalue weighted by Gasteiger charge is 2.40. The Labute approximate surface area is 89.0 Å². The van der Waals surface area contributed by atoms with Gasteiger partial charge in [-0.1, -0.05) is 0 Å². The fraction of sp³-hybridized carbons (Fsp3) is 0.800. The first kappa shape index (κ1) is 11.8. The van der Waals surface area contributed by atoms with Crippen LogP contribution < -0.4 is 0 Å². The van der Waals surface area contributed by atoms with Gasteiger partial charge in [-0.15, -0.1) is 0 Å². The van der Waals surface area contributed by atoms with Crippen molar-refractivity contribution in [2.45, 2.75) is 45.3 Å². The molecule has 0 radical (unpaired) electrons. The molecule has 0 aromatic carbocycles. The van der Waals surface area contributed by atoms with Crippen molar-refractivity contribution in [3.05, 3.63) is 0 Å². The summed E-state index contributed by atoms with van der Waals surface area (Å²) in [6.07, 6.45) is 0.835. The maximum absolute atomic E-state index is 11.6. The molecule has 1 aliphatic heterocycles. The van der Waals surface area contributed by atoms with Crippen LogP contribution in [0.1, 0.15) is 33.6 Å². The molecular weight excluding hydrogens is 198 g/mol. The number of likely N-dealkylation sites (tertiary alicyclic amines) is 1. The van der Waals surface area contributed by atoms with Gasteiger partial charge in [0.05, 0.1) is 0 Å². The molecule has 2 N–H and O–H groups in total. The van der Waals surface area contributed by atoms with Crippen molar-refractivity contribution >= 4 is 12.1 Å². The summed E-state index contributed by atoms with van der Waals surface area (Å²) in [6, 6.07) is -0.611. The van der Waals surface area contributed by atoms with E-state index in [1.54, 1.807) is 20.8 Å². The Bertz CT molecular complexity index is 269. The van der Waals surface area contributed by atoms with Crippen LogP contribution in [0.4, 0.5) is 4.79 Å². The Balaban J connectivity index is 2.63. The third kappa shape index (κ3) is 3.11. The minimum atomic E-state index is -0.710. The number of carbonyl (C=O) groups is 2. The van der Waals surface area contributed by atoms with E-state index >= 15 is 0 Å². The maximum Gasteiger partial charge on any atom is 0.538 e. The highest BCUT2D eigenvalue weighted by atomic mass is 16.6. The number of nitrogens with zero attached hydrogens (tertiary/aromatic N) is 1. The molecule has 1 atom stereocenters. The van der Waals surface area contributed by atoms with E-state index in [4.69, 9.17) is 9.84 Å². The highest BCUT2D eigenvalue weighted by molar-refractivity contribution is 5.80. The predicted octanol–water partition coefficient (Wildman–Crippen LogP) is 0.637. The molecule has 0 bridgehead atoms. The van der Waals surface area contributed by atoms with Crippen LogP contribution in [0.5, 0.6) is 0 Å². The van der Waals surface area contributed by atoms with Crippen molar-refractivity contribution in [1.29, 1.82) is 0 Å². The largest absolute Gasteiger partial charge is 0.563 e. The Hall–Kier alpha value is -1.26. The van der Waals surface area contributed by atoms with E-state index in [0.717, 1.165) is 6.42 Å². The summed E-state index contributed by atoms with van der Waals surface area (Å²) in [5.41, 5.74) is -0.560. The van der Waals surface area contributed by atoms with Gasteiger partial charge in [-0.05, 0) is 33.6 Å². The van der Waals surface area contributed by atoms with Gasteiger partial charge in [0.25, 0.3) is 0 Å². The molecule has 0 aromatic heterocycles. The normalized spacial score (nSPS) is 21.5. The molecule has 1 fully saturated rings. The van der Waals surface area contributed by atoms with E-state index in [1.807, 2.05) is 0 Å². The molecule has 0 aliphatic carbocycles. The lowest BCUT2D eigenvalue weighted by Gasteiger charge is -2.25. The van der Waals surface area contributed by atoms with Crippen molar-refractivity contribution in [2.75, 3.05) is 6.54 Å². The Morgan fingerprint density at radius 2 is 2.00 bits per heavy atom. The molecule has 1 amide bonds. The topological polar surface area (TPSA) is 69.5 Å². The van der Waals surface area contributed by atoms with Crippen molar-refractivity contribution in [2.24, 2.45) is 0 Å². The highest BCUT2D eigenvalue weighted by Crippen LogP contribution is 2.20. The summed E-state index contributed by atoms with van der Waals surface area (Å²) < 4.78 is 5.15. The monoisotopic (exact) mass is 216 g/mol. The molecule has 0 unspecified atom stereocenters. The molecule has 1 rings (SSSR count). The van der Waals surface area contributed by atoms with Gasteiger partial charge in [-0.2, -0.15) is 0 Å². The number of amides is 1. The minimum Gasteiger partial charge on any atom is -0.563 e. The van der Waals surface area contributed by atoms with E-state index in [0.29, 0.717) is 13.0 Å². The number of hydrogen-bond donors (Lipinski definition) is 0. The van der Waals surface area contributed by atoms with E-state index in [1.165, 1.54) is 4.90 Å². The van der Waals surface area contributed by atoms with Crippen LogP contribution in [0.2, 0.25) is 0 Å². The first-order valence-corrected chi connectivity index (χ1v) is 5.06. The van der Waals surface area contributed by atoms with Gasteiger partial charge < -0.3 is 9.84 Å². The van der Waals surface area contributed by atoms with E-state index in [2.05, 4.69) is 0 Å². The molecule has 86 valence electrons. The molecule has 5 nitrogen and oxygen atoms in total. The fourth-order valence-corrected chi connectivity index (χ4v) is 1.58. The average molecular weight is 216 g/mol. The van der Waals surface area contributed by atoms with E-state index < -0.39 is 23.7 Å². The zero-order valence-corrected chi connectivity index (χ0v) is 9.37. The minimum absolute atomic E-state index is 0.495. The zero-order valence-electron chi connectivity index (χ0n) is 9.37. The van der Waals surface area contributed by atoms with Crippen LogP contribution in [-0.4, -0.2) is 40.3 Å².